The number of rotatable bonds is 3. The van der Waals surface area contributed by atoms with E-state index in [2.05, 4.69) is 40.5 Å². The topological polar surface area (TPSA) is 49.0 Å². The Bertz CT molecular complexity index is 1040. The van der Waals surface area contributed by atoms with E-state index < -0.39 is 0 Å². The maximum absolute atomic E-state index is 12.8. The largest absolute Gasteiger partial charge is 0.337 e. The summed E-state index contributed by atoms with van der Waals surface area (Å²) in [6.07, 6.45) is 1.73. The molecule has 3 aromatic carbocycles. The standard InChI is InChI=1S/C20H17N3O/c1-23(13-14-9-10-15-5-2-3-6-16(15)11-14)20(24)18-8-4-7-17-12-21-22-19(17)18/h2-12H,13H2,1H3,(H,21,22). The Kier molecular flexibility index (Phi) is 3.50. The fourth-order valence-electron chi connectivity index (χ4n) is 3.04. The van der Waals surface area contributed by atoms with Gasteiger partial charge in [0, 0.05) is 19.0 Å². The highest BCUT2D eigenvalue weighted by Gasteiger charge is 2.16. The summed E-state index contributed by atoms with van der Waals surface area (Å²) in [4.78, 5) is 14.5. The molecule has 1 aromatic heterocycles. The first-order valence-electron chi connectivity index (χ1n) is 7.87. The molecule has 118 valence electrons. The molecule has 0 saturated heterocycles. The van der Waals surface area contributed by atoms with Crippen LogP contribution in [0.4, 0.5) is 0 Å². The number of aromatic nitrogens is 2. The molecule has 24 heavy (non-hydrogen) atoms. The molecule has 0 fully saturated rings. The summed E-state index contributed by atoms with van der Waals surface area (Å²) in [5.41, 5.74) is 2.54. The van der Waals surface area contributed by atoms with Crippen molar-refractivity contribution in [2.75, 3.05) is 7.05 Å². The number of hydrogen-bond acceptors (Lipinski definition) is 2. The average Bonchev–Trinajstić information content (AvgIpc) is 3.09. The lowest BCUT2D eigenvalue weighted by atomic mass is 10.1. The third-order valence-electron chi connectivity index (χ3n) is 4.29. The number of carbonyl (C=O) groups excluding carboxylic acids is 1. The van der Waals surface area contributed by atoms with Gasteiger partial charge in [0.15, 0.2) is 0 Å². The van der Waals surface area contributed by atoms with E-state index in [-0.39, 0.29) is 5.91 Å². The highest BCUT2D eigenvalue weighted by Crippen LogP contribution is 2.20. The van der Waals surface area contributed by atoms with Crippen molar-refractivity contribution in [2.24, 2.45) is 0 Å². The maximum Gasteiger partial charge on any atom is 0.256 e. The van der Waals surface area contributed by atoms with E-state index in [1.807, 2.05) is 37.4 Å². The second kappa shape index (κ2) is 5.81. The summed E-state index contributed by atoms with van der Waals surface area (Å²) in [5, 5.41) is 10.3. The van der Waals surface area contributed by atoms with E-state index in [1.165, 1.54) is 10.8 Å². The van der Waals surface area contributed by atoms with Gasteiger partial charge in [-0.05, 0) is 28.5 Å². The quantitative estimate of drug-likeness (QED) is 0.621. The zero-order chi connectivity index (χ0) is 16.5. The summed E-state index contributed by atoms with van der Waals surface area (Å²) < 4.78 is 0. The van der Waals surface area contributed by atoms with E-state index >= 15 is 0 Å². The number of hydrogen-bond donors (Lipinski definition) is 1. The molecule has 4 heteroatoms. The average molecular weight is 315 g/mol. The van der Waals surface area contributed by atoms with Crippen LogP contribution in [0.2, 0.25) is 0 Å². The van der Waals surface area contributed by atoms with Gasteiger partial charge in [-0.1, -0.05) is 48.5 Å². The van der Waals surface area contributed by atoms with Crippen LogP contribution in [-0.2, 0) is 6.54 Å². The predicted molar refractivity (Wildman–Crippen MR) is 95.8 cm³/mol. The number of amides is 1. The number of nitrogens with one attached hydrogen (secondary N) is 1. The molecule has 0 unspecified atom stereocenters. The Morgan fingerprint density at radius 2 is 1.79 bits per heavy atom. The highest BCUT2D eigenvalue weighted by atomic mass is 16.2. The normalized spacial score (nSPS) is 11.0. The summed E-state index contributed by atoms with van der Waals surface area (Å²) >= 11 is 0. The van der Waals surface area contributed by atoms with Crippen LogP contribution in [0, 0.1) is 0 Å². The van der Waals surface area contributed by atoms with E-state index in [0.717, 1.165) is 16.5 Å². The monoisotopic (exact) mass is 315 g/mol. The molecular weight excluding hydrogens is 298 g/mol. The molecule has 0 aliphatic rings. The number of H-pyrrole nitrogens is 1. The van der Waals surface area contributed by atoms with Crippen LogP contribution in [0.5, 0.6) is 0 Å². The minimum Gasteiger partial charge on any atom is -0.337 e. The molecule has 1 amide bonds. The van der Waals surface area contributed by atoms with Gasteiger partial charge >= 0.3 is 0 Å². The van der Waals surface area contributed by atoms with E-state index in [0.29, 0.717) is 12.1 Å². The van der Waals surface area contributed by atoms with Gasteiger partial charge in [0.25, 0.3) is 5.91 Å². The zero-order valence-electron chi connectivity index (χ0n) is 13.4. The van der Waals surface area contributed by atoms with Gasteiger partial charge in [0.1, 0.15) is 0 Å². The summed E-state index contributed by atoms with van der Waals surface area (Å²) in [5.74, 6) is -0.0157. The van der Waals surface area contributed by atoms with Crippen molar-refractivity contribution in [3.05, 3.63) is 78.0 Å². The third-order valence-corrected chi connectivity index (χ3v) is 4.29. The second-order valence-corrected chi connectivity index (χ2v) is 5.98. The van der Waals surface area contributed by atoms with Gasteiger partial charge in [0.2, 0.25) is 0 Å². The van der Waals surface area contributed by atoms with Crippen LogP contribution in [0.3, 0.4) is 0 Å². The fourth-order valence-corrected chi connectivity index (χ4v) is 3.04. The Hall–Kier alpha value is -3.14. The van der Waals surface area contributed by atoms with E-state index in [1.54, 1.807) is 11.1 Å². The molecule has 4 aromatic rings. The molecule has 1 N–H and O–H groups in total. The molecule has 0 atom stereocenters. The van der Waals surface area contributed by atoms with Crippen LogP contribution in [0.15, 0.2) is 66.9 Å². The lowest BCUT2D eigenvalue weighted by Crippen LogP contribution is -2.26. The van der Waals surface area contributed by atoms with Crippen LogP contribution in [0.1, 0.15) is 15.9 Å². The summed E-state index contributed by atoms with van der Waals surface area (Å²) in [7, 11) is 1.83. The van der Waals surface area contributed by atoms with Crippen molar-refractivity contribution < 1.29 is 4.79 Å². The fraction of sp³-hybridized carbons (Fsp3) is 0.100. The Morgan fingerprint density at radius 3 is 2.67 bits per heavy atom. The third kappa shape index (κ3) is 2.52. The molecule has 0 radical (unpaired) electrons. The van der Waals surface area contributed by atoms with E-state index in [4.69, 9.17) is 0 Å². The lowest BCUT2D eigenvalue weighted by Gasteiger charge is -2.18. The highest BCUT2D eigenvalue weighted by molar-refractivity contribution is 6.05. The number of nitrogens with zero attached hydrogens (tertiary/aromatic N) is 2. The van der Waals surface area contributed by atoms with Gasteiger partial charge < -0.3 is 4.90 Å². The molecule has 0 saturated carbocycles. The summed E-state index contributed by atoms with van der Waals surface area (Å²) in [6.45, 7) is 0.564. The van der Waals surface area contributed by atoms with Crippen molar-refractivity contribution >= 4 is 27.6 Å². The minimum atomic E-state index is -0.0157. The van der Waals surface area contributed by atoms with Crippen LogP contribution in [-0.4, -0.2) is 28.1 Å². The number of benzene rings is 3. The molecule has 0 spiro atoms. The number of fused-ring (bicyclic) bond motifs is 2. The molecule has 0 bridgehead atoms. The first kappa shape index (κ1) is 14.5. The Balaban J connectivity index is 1.61. The van der Waals surface area contributed by atoms with Crippen molar-refractivity contribution in [1.82, 2.24) is 15.1 Å². The molecule has 4 rings (SSSR count). The molecule has 1 heterocycles. The van der Waals surface area contributed by atoms with Gasteiger partial charge in [-0.2, -0.15) is 5.10 Å². The zero-order valence-corrected chi connectivity index (χ0v) is 13.4. The van der Waals surface area contributed by atoms with Crippen molar-refractivity contribution in [3.63, 3.8) is 0 Å². The predicted octanol–water partition coefficient (Wildman–Crippen LogP) is 3.99. The van der Waals surface area contributed by atoms with Crippen LogP contribution < -0.4 is 0 Å². The van der Waals surface area contributed by atoms with Gasteiger partial charge in [0.05, 0.1) is 17.3 Å². The molecule has 4 nitrogen and oxygen atoms in total. The number of aromatic amines is 1. The van der Waals surface area contributed by atoms with Crippen molar-refractivity contribution in [3.8, 4) is 0 Å². The number of para-hydroxylation sites is 1. The SMILES string of the molecule is CN(Cc1ccc2ccccc2c1)C(=O)c1cccc2cn[nH]c12. The smallest absolute Gasteiger partial charge is 0.256 e. The first-order chi connectivity index (χ1) is 11.7. The Labute approximate surface area is 139 Å². The first-order valence-corrected chi connectivity index (χ1v) is 7.87. The van der Waals surface area contributed by atoms with Gasteiger partial charge in [-0.3, -0.25) is 9.89 Å². The van der Waals surface area contributed by atoms with Gasteiger partial charge in [-0.25, -0.2) is 0 Å². The van der Waals surface area contributed by atoms with Crippen LogP contribution in [0.25, 0.3) is 21.7 Å². The molecular formula is C20H17N3O. The minimum absolute atomic E-state index is 0.0157. The molecule has 0 aliphatic carbocycles. The van der Waals surface area contributed by atoms with Gasteiger partial charge in [-0.15, -0.1) is 0 Å². The maximum atomic E-state index is 12.8. The second-order valence-electron chi connectivity index (χ2n) is 5.98. The summed E-state index contributed by atoms with van der Waals surface area (Å²) in [6, 6.07) is 20.2. The van der Waals surface area contributed by atoms with E-state index in [9.17, 15) is 4.79 Å². The molecule has 0 aliphatic heterocycles. The lowest BCUT2D eigenvalue weighted by molar-refractivity contribution is 0.0787. The van der Waals surface area contributed by atoms with Crippen molar-refractivity contribution in [2.45, 2.75) is 6.54 Å². The van der Waals surface area contributed by atoms with Crippen LogP contribution >= 0.6 is 0 Å². The number of carbonyl (C=O) groups is 1. The van der Waals surface area contributed by atoms with Crippen molar-refractivity contribution in [1.29, 1.82) is 0 Å². The Morgan fingerprint density at radius 1 is 1.00 bits per heavy atom.